The van der Waals surface area contributed by atoms with Gasteiger partial charge in [0.15, 0.2) is 5.54 Å². The van der Waals surface area contributed by atoms with Gasteiger partial charge in [0.25, 0.3) is 5.91 Å². The van der Waals surface area contributed by atoms with E-state index in [4.69, 9.17) is 4.99 Å². The van der Waals surface area contributed by atoms with Crippen molar-refractivity contribution in [1.29, 1.82) is 0 Å². The third kappa shape index (κ3) is 4.11. The van der Waals surface area contributed by atoms with Crippen molar-refractivity contribution in [2.24, 2.45) is 4.99 Å². The van der Waals surface area contributed by atoms with E-state index < -0.39 is 5.54 Å². The van der Waals surface area contributed by atoms with Crippen molar-refractivity contribution < 1.29 is 4.79 Å². The van der Waals surface area contributed by atoms with Crippen molar-refractivity contribution in [3.8, 4) is 0 Å². The summed E-state index contributed by atoms with van der Waals surface area (Å²) in [5, 5.41) is 0. The van der Waals surface area contributed by atoms with Crippen LogP contribution in [0.25, 0.3) is 0 Å². The molecule has 168 valence electrons. The van der Waals surface area contributed by atoms with Crippen molar-refractivity contribution in [2.75, 3.05) is 19.6 Å². The molecule has 4 nitrogen and oxygen atoms in total. The van der Waals surface area contributed by atoms with Crippen molar-refractivity contribution >= 4 is 11.7 Å². The molecule has 3 aromatic carbocycles. The number of carbonyl (C=O) groups excluding carboxylic acids is 1. The zero-order chi connectivity index (χ0) is 22.7. The van der Waals surface area contributed by atoms with Crippen LogP contribution >= 0.6 is 0 Å². The molecule has 2 aliphatic heterocycles. The molecule has 1 fully saturated rings. The van der Waals surface area contributed by atoms with Gasteiger partial charge in [-0.1, -0.05) is 91.0 Å². The minimum atomic E-state index is -0.989. The third-order valence-electron chi connectivity index (χ3n) is 7.07. The summed E-state index contributed by atoms with van der Waals surface area (Å²) in [6, 6.07) is 30.9. The number of nitrogens with zero attached hydrogens (tertiary/aromatic N) is 3. The number of hydrogen-bond donors (Lipinski definition) is 0. The fourth-order valence-corrected chi connectivity index (χ4v) is 5.33. The highest BCUT2D eigenvalue weighted by molar-refractivity contribution is 6.10. The average molecular weight is 438 g/mol. The van der Waals surface area contributed by atoms with Gasteiger partial charge in [0.05, 0.1) is 0 Å². The molecule has 0 spiro atoms. The second-order valence-corrected chi connectivity index (χ2v) is 9.09. The van der Waals surface area contributed by atoms with E-state index in [1.54, 1.807) is 0 Å². The van der Waals surface area contributed by atoms with Crippen LogP contribution in [-0.4, -0.2) is 47.2 Å². The summed E-state index contributed by atoms with van der Waals surface area (Å²) in [6.07, 6.45) is 3.03. The first-order valence-corrected chi connectivity index (χ1v) is 12.0. The number of amides is 1. The topological polar surface area (TPSA) is 35.9 Å². The Morgan fingerprint density at radius 3 is 1.88 bits per heavy atom. The van der Waals surface area contributed by atoms with Crippen molar-refractivity contribution in [3.63, 3.8) is 0 Å². The lowest BCUT2D eigenvalue weighted by Crippen LogP contribution is -2.50. The Kier molecular flexibility index (Phi) is 6.10. The molecule has 0 saturated carbocycles. The molecule has 0 radical (unpaired) electrons. The molecule has 5 rings (SSSR count). The van der Waals surface area contributed by atoms with Crippen molar-refractivity contribution in [2.45, 2.75) is 37.8 Å². The van der Waals surface area contributed by atoms with Gasteiger partial charge in [0, 0.05) is 25.7 Å². The summed E-state index contributed by atoms with van der Waals surface area (Å²) in [6.45, 7) is 5.08. The third-order valence-corrected chi connectivity index (χ3v) is 7.07. The minimum Gasteiger partial charge on any atom is -0.303 e. The maximum Gasteiger partial charge on any atom is 0.265 e. The molecule has 0 unspecified atom stereocenters. The van der Waals surface area contributed by atoms with Crippen LogP contribution in [0.5, 0.6) is 0 Å². The first-order valence-electron chi connectivity index (χ1n) is 12.0. The SMILES string of the molecule is CC1=NC(c2ccccc2)(c2ccccc2)C(=O)N1C1CCN(CCc2ccccc2)CC1. The van der Waals surface area contributed by atoms with Crippen molar-refractivity contribution in [3.05, 3.63) is 108 Å². The van der Waals surface area contributed by atoms with Gasteiger partial charge in [-0.25, -0.2) is 4.99 Å². The molecule has 1 saturated heterocycles. The van der Waals surface area contributed by atoms with Gasteiger partial charge in [-0.05, 0) is 42.9 Å². The van der Waals surface area contributed by atoms with E-state index in [1.165, 1.54) is 5.56 Å². The number of carbonyl (C=O) groups is 1. The molecule has 4 heteroatoms. The zero-order valence-electron chi connectivity index (χ0n) is 19.2. The van der Waals surface area contributed by atoms with Crippen molar-refractivity contribution in [1.82, 2.24) is 9.80 Å². The highest BCUT2D eigenvalue weighted by Gasteiger charge is 2.51. The van der Waals surface area contributed by atoms with Crippen LogP contribution in [0.15, 0.2) is 96.0 Å². The molecule has 0 aliphatic carbocycles. The highest BCUT2D eigenvalue weighted by Crippen LogP contribution is 2.41. The van der Waals surface area contributed by atoms with Gasteiger partial charge in [0.1, 0.15) is 5.84 Å². The van der Waals surface area contributed by atoms with Gasteiger partial charge >= 0.3 is 0 Å². The summed E-state index contributed by atoms with van der Waals surface area (Å²) in [5.41, 5.74) is 2.26. The van der Waals surface area contributed by atoms with Crippen LogP contribution in [0.4, 0.5) is 0 Å². The first-order chi connectivity index (χ1) is 16.2. The van der Waals surface area contributed by atoms with Gasteiger partial charge < -0.3 is 4.90 Å². The molecule has 2 heterocycles. The monoisotopic (exact) mass is 437 g/mol. The van der Waals surface area contributed by atoms with Crippen LogP contribution in [0.1, 0.15) is 36.5 Å². The predicted octanol–water partition coefficient (Wildman–Crippen LogP) is 4.90. The largest absolute Gasteiger partial charge is 0.303 e. The Balaban J connectivity index is 1.33. The predicted molar refractivity (Wildman–Crippen MR) is 133 cm³/mol. The van der Waals surface area contributed by atoms with Crippen LogP contribution in [0, 0.1) is 0 Å². The lowest BCUT2D eigenvalue weighted by Gasteiger charge is -2.38. The Labute approximate surface area is 196 Å². The maximum absolute atomic E-state index is 14.1. The van der Waals surface area contributed by atoms with E-state index in [0.29, 0.717) is 0 Å². The van der Waals surface area contributed by atoms with Gasteiger partial charge in [0.2, 0.25) is 0 Å². The van der Waals surface area contributed by atoms with Gasteiger partial charge in [-0.3, -0.25) is 9.69 Å². The van der Waals surface area contributed by atoms with Gasteiger partial charge in [-0.15, -0.1) is 0 Å². The van der Waals surface area contributed by atoms with Crippen LogP contribution in [-0.2, 0) is 16.8 Å². The minimum absolute atomic E-state index is 0.0835. The molecule has 3 aromatic rings. The Bertz CT molecular complexity index is 1060. The fraction of sp³-hybridized carbons (Fsp3) is 0.310. The van der Waals surface area contributed by atoms with E-state index in [9.17, 15) is 4.79 Å². The number of amidine groups is 1. The molecule has 0 aromatic heterocycles. The fourth-order valence-electron chi connectivity index (χ4n) is 5.33. The van der Waals surface area contributed by atoms with E-state index in [0.717, 1.165) is 55.9 Å². The molecular weight excluding hydrogens is 406 g/mol. The number of hydrogen-bond acceptors (Lipinski definition) is 3. The molecule has 0 bridgehead atoms. The first kappa shape index (κ1) is 21.6. The Hall–Kier alpha value is -3.24. The molecule has 33 heavy (non-hydrogen) atoms. The number of likely N-dealkylation sites (tertiary alicyclic amines) is 1. The smallest absolute Gasteiger partial charge is 0.265 e. The van der Waals surface area contributed by atoms with Crippen LogP contribution in [0.3, 0.4) is 0 Å². The van der Waals surface area contributed by atoms with Crippen LogP contribution in [0.2, 0.25) is 0 Å². The van der Waals surface area contributed by atoms with Gasteiger partial charge in [-0.2, -0.15) is 0 Å². The lowest BCUT2D eigenvalue weighted by molar-refractivity contribution is -0.132. The van der Waals surface area contributed by atoms with E-state index in [-0.39, 0.29) is 11.9 Å². The molecule has 2 aliphatic rings. The second-order valence-electron chi connectivity index (χ2n) is 9.09. The summed E-state index contributed by atoms with van der Waals surface area (Å²) < 4.78 is 0. The molecule has 0 N–H and O–H groups in total. The summed E-state index contributed by atoms with van der Waals surface area (Å²) >= 11 is 0. The normalized spacial score (nSPS) is 19.0. The molecule has 1 amide bonds. The summed E-state index contributed by atoms with van der Waals surface area (Å²) in [5.74, 6) is 0.913. The number of aliphatic imine (C=N–C) groups is 1. The average Bonchev–Trinajstić information content (AvgIpc) is 3.15. The molecule has 0 atom stereocenters. The number of benzene rings is 3. The van der Waals surface area contributed by atoms with E-state index >= 15 is 0 Å². The second kappa shape index (κ2) is 9.32. The summed E-state index contributed by atoms with van der Waals surface area (Å²) in [7, 11) is 0. The summed E-state index contributed by atoms with van der Waals surface area (Å²) in [4.78, 5) is 23.7. The van der Waals surface area contributed by atoms with Crippen LogP contribution < -0.4 is 0 Å². The molecular formula is C29H31N3O. The van der Waals surface area contributed by atoms with E-state index in [1.807, 2.05) is 72.5 Å². The van der Waals surface area contributed by atoms with E-state index in [2.05, 4.69) is 35.2 Å². The zero-order valence-corrected chi connectivity index (χ0v) is 19.2. The number of piperidine rings is 1. The Morgan fingerprint density at radius 2 is 1.33 bits per heavy atom. The lowest BCUT2D eigenvalue weighted by atomic mass is 9.82. The highest BCUT2D eigenvalue weighted by atomic mass is 16.2. The Morgan fingerprint density at radius 1 is 0.818 bits per heavy atom. The number of rotatable bonds is 6. The maximum atomic E-state index is 14.1. The standard InChI is InChI=1S/C29H31N3O/c1-23-30-29(25-13-7-3-8-14-25,26-15-9-4-10-16-26)28(33)32(23)27-18-21-31(22-19-27)20-17-24-11-5-2-6-12-24/h2-16,27H,17-22H2,1H3. The quantitative estimate of drug-likeness (QED) is 0.550.